The van der Waals surface area contributed by atoms with Crippen molar-refractivity contribution in [2.75, 3.05) is 13.6 Å². The van der Waals surface area contributed by atoms with Gasteiger partial charge in [-0.25, -0.2) is 0 Å². The number of hydrogen-bond acceptors (Lipinski definition) is 2. The standard InChI is InChI=1S/C13H20N2O/c1-9-5-6-10(2)12(7-9)13(16)15(4)11(3)8-14/h5-7,11H,8,14H2,1-4H3. The Morgan fingerprint density at radius 3 is 2.62 bits per heavy atom. The zero-order chi connectivity index (χ0) is 12.3. The summed E-state index contributed by atoms with van der Waals surface area (Å²) in [6.07, 6.45) is 0. The van der Waals surface area contributed by atoms with E-state index in [4.69, 9.17) is 5.73 Å². The van der Waals surface area contributed by atoms with Gasteiger partial charge in [0.15, 0.2) is 0 Å². The Kier molecular flexibility index (Phi) is 4.07. The predicted molar refractivity (Wildman–Crippen MR) is 66.5 cm³/mol. The van der Waals surface area contributed by atoms with Gasteiger partial charge in [-0.15, -0.1) is 0 Å². The maximum absolute atomic E-state index is 12.2. The van der Waals surface area contributed by atoms with Crippen LogP contribution in [0.5, 0.6) is 0 Å². The van der Waals surface area contributed by atoms with Gasteiger partial charge in [-0.2, -0.15) is 0 Å². The summed E-state index contributed by atoms with van der Waals surface area (Å²) in [6.45, 7) is 6.37. The summed E-state index contributed by atoms with van der Waals surface area (Å²) in [7, 11) is 1.79. The van der Waals surface area contributed by atoms with Crippen LogP contribution in [0.15, 0.2) is 18.2 Å². The van der Waals surface area contributed by atoms with Crippen LogP contribution in [0.1, 0.15) is 28.4 Å². The summed E-state index contributed by atoms with van der Waals surface area (Å²) in [5.41, 5.74) is 8.44. The zero-order valence-electron chi connectivity index (χ0n) is 10.4. The van der Waals surface area contributed by atoms with Gasteiger partial charge in [-0.1, -0.05) is 17.7 Å². The first-order valence-corrected chi connectivity index (χ1v) is 5.52. The summed E-state index contributed by atoms with van der Waals surface area (Å²) in [4.78, 5) is 13.9. The molecule has 0 saturated carbocycles. The van der Waals surface area contributed by atoms with E-state index < -0.39 is 0 Å². The van der Waals surface area contributed by atoms with Crippen LogP contribution in [0.2, 0.25) is 0 Å². The van der Waals surface area contributed by atoms with E-state index in [1.54, 1.807) is 11.9 Å². The SMILES string of the molecule is Cc1ccc(C)c(C(=O)N(C)C(C)CN)c1. The van der Waals surface area contributed by atoms with Gasteiger partial charge in [0.1, 0.15) is 0 Å². The molecule has 0 saturated heterocycles. The van der Waals surface area contributed by atoms with Gasteiger partial charge < -0.3 is 10.6 Å². The van der Waals surface area contributed by atoms with Crippen molar-refractivity contribution in [3.05, 3.63) is 34.9 Å². The van der Waals surface area contributed by atoms with Crippen molar-refractivity contribution in [2.45, 2.75) is 26.8 Å². The van der Waals surface area contributed by atoms with Crippen LogP contribution in [0.3, 0.4) is 0 Å². The van der Waals surface area contributed by atoms with Crippen molar-refractivity contribution in [3.63, 3.8) is 0 Å². The molecule has 0 fully saturated rings. The number of amides is 1. The minimum atomic E-state index is 0.0409. The average molecular weight is 220 g/mol. The molecular weight excluding hydrogens is 200 g/mol. The minimum absolute atomic E-state index is 0.0409. The van der Waals surface area contributed by atoms with Crippen molar-refractivity contribution in [3.8, 4) is 0 Å². The molecule has 0 heterocycles. The fourth-order valence-electron chi connectivity index (χ4n) is 1.51. The molecule has 1 amide bonds. The Hall–Kier alpha value is -1.35. The Morgan fingerprint density at radius 1 is 1.44 bits per heavy atom. The van der Waals surface area contributed by atoms with Crippen LogP contribution >= 0.6 is 0 Å². The molecule has 3 nitrogen and oxygen atoms in total. The molecule has 1 rings (SSSR count). The van der Waals surface area contributed by atoms with Gasteiger partial charge in [-0.3, -0.25) is 4.79 Å². The number of nitrogens with zero attached hydrogens (tertiary/aromatic N) is 1. The number of hydrogen-bond donors (Lipinski definition) is 1. The Bertz CT molecular complexity index is 388. The molecule has 0 aliphatic carbocycles. The average Bonchev–Trinajstić information content (AvgIpc) is 2.29. The third-order valence-corrected chi connectivity index (χ3v) is 2.95. The van der Waals surface area contributed by atoms with Gasteiger partial charge >= 0.3 is 0 Å². The fourth-order valence-corrected chi connectivity index (χ4v) is 1.51. The summed E-state index contributed by atoms with van der Waals surface area (Å²) < 4.78 is 0. The van der Waals surface area contributed by atoms with Crippen LogP contribution in [0, 0.1) is 13.8 Å². The number of aryl methyl sites for hydroxylation is 2. The van der Waals surface area contributed by atoms with Crippen LogP contribution in [-0.4, -0.2) is 30.4 Å². The van der Waals surface area contributed by atoms with E-state index in [-0.39, 0.29) is 11.9 Å². The zero-order valence-corrected chi connectivity index (χ0v) is 10.4. The lowest BCUT2D eigenvalue weighted by Crippen LogP contribution is -2.40. The van der Waals surface area contributed by atoms with Gasteiger partial charge in [0.05, 0.1) is 0 Å². The molecule has 0 aliphatic rings. The van der Waals surface area contributed by atoms with E-state index in [1.165, 1.54) is 0 Å². The van der Waals surface area contributed by atoms with Gasteiger partial charge in [-0.05, 0) is 32.4 Å². The van der Waals surface area contributed by atoms with Crippen molar-refractivity contribution in [1.29, 1.82) is 0 Å². The van der Waals surface area contributed by atoms with E-state index in [0.717, 1.165) is 16.7 Å². The van der Waals surface area contributed by atoms with Crippen LogP contribution in [0.4, 0.5) is 0 Å². The molecule has 1 atom stereocenters. The second kappa shape index (κ2) is 5.12. The number of rotatable bonds is 3. The number of likely N-dealkylation sites (N-methyl/N-ethyl adjacent to an activating group) is 1. The quantitative estimate of drug-likeness (QED) is 0.843. The summed E-state index contributed by atoms with van der Waals surface area (Å²) in [5, 5.41) is 0. The lowest BCUT2D eigenvalue weighted by atomic mass is 10.0. The molecule has 0 bridgehead atoms. The highest BCUT2D eigenvalue weighted by Crippen LogP contribution is 2.13. The molecule has 88 valence electrons. The molecule has 0 radical (unpaired) electrons. The maximum Gasteiger partial charge on any atom is 0.254 e. The highest BCUT2D eigenvalue weighted by molar-refractivity contribution is 5.95. The molecule has 3 heteroatoms. The van der Waals surface area contributed by atoms with Gasteiger partial charge in [0.25, 0.3) is 5.91 Å². The smallest absolute Gasteiger partial charge is 0.254 e. The van der Waals surface area contributed by atoms with Gasteiger partial charge in [0.2, 0.25) is 0 Å². The summed E-state index contributed by atoms with van der Waals surface area (Å²) in [6, 6.07) is 5.98. The minimum Gasteiger partial charge on any atom is -0.338 e. The van der Waals surface area contributed by atoms with Crippen molar-refractivity contribution in [2.24, 2.45) is 5.73 Å². The Balaban J connectivity index is 3.00. The van der Waals surface area contributed by atoms with Crippen LogP contribution in [0.25, 0.3) is 0 Å². The summed E-state index contributed by atoms with van der Waals surface area (Å²) in [5.74, 6) is 0.0409. The number of benzene rings is 1. The molecule has 0 aliphatic heterocycles. The summed E-state index contributed by atoms with van der Waals surface area (Å²) >= 11 is 0. The first-order valence-electron chi connectivity index (χ1n) is 5.52. The number of nitrogens with two attached hydrogens (primary N) is 1. The molecule has 2 N–H and O–H groups in total. The lowest BCUT2D eigenvalue weighted by molar-refractivity contribution is 0.0747. The number of carbonyl (C=O) groups is 1. The number of carbonyl (C=O) groups excluding carboxylic acids is 1. The highest BCUT2D eigenvalue weighted by Gasteiger charge is 2.17. The molecular formula is C13H20N2O. The van der Waals surface area contributed by atoms with Crippen LogP contribution in [-0.2, 0) is 0 Å². The van der Waals surface area contributed by atoms with Crippen molar-refractivity contribution < 1.29 is 4.79 Å². The Morgan fingerprint density at radius 2 is 2.06 bits per heavy atom. The molecule has 1 aromatic rings. The van der Waals surface area contributed by atoms with Crippen molar-refractivity contribution in [1.82, 2.24) is 4.90 Å². The topological polar surface area (TPSA) is 46.3 Å². The lowest BCUT2D eigenvalue weighted by Gasteiger charge is -2.24. The third kappa shape index (κ3) is 2.61. The second-order valence-corrected chi connectivity index (χ2v) is 4.32. The van der Waals surface area contributed by atoms with E-state index in [0.29, 0.717) is 6.54 Å². The molecule has 1 unspecified atom stereocenters. The van der Waals surface area contributed by atoms with E-state index in [1.807, 2.05) is 39.0 Å². The highest BCUT2D eigenvalue weighted by atomic mass is 16.2. The molecule has 16 heavy (non-hydrogen) atoms. The Labute approximate surface area is 97.2 Å². The monoisotopic (exact) mass is 220 g/mol. The first kappa shape index (κ1) is 12.7. The van der Waals surface area contributed by atoms with Gasteiger partial charge in [0, 0.05) is 25.2 Å². The van der Waals surface area contributed by atoms with Crippen LogP contribution < -0.4 is 5.73 Å². The largest absolute Gasteiger partial charge is 0.338 e. The third-order valence-electron chi connectivity index (χ3n) is 2.95. The maximum atomic E-state index is 12.2. The normalized spacial score (nSPS) is 12.3. The second-order valence-electron chi connectivity index (χ2n) is 4.32. The van der Waals surface area contributed by atoms with E-state index >= 15 is 0 Å². The molecule has 0 aromatic heterocycles. The van der Waals surface area contributed by atoms with E-state index in [9.17, 15) is 4.79 Å². The molecule has 0 spiro atoms. The van der Waals surface area contributed by atoms with E-state index in [2.05, 4.69) is 0 Å². The first-order chi connectivity index (χ1) is 7.47. The van der Waals surface area contributed by atoms with Crippen molar-refractivity contribution >= 4 is 5.91 Å². The molecule has 1 aromatic carbocycles. The fraction of sp³-hybridized carbons (Fsp3) is 0.462. The predicted octanol–water partition coefficient (Wildman–Crippen LogP) is 1.72.